The lowest BCUT2D eigenvalue weighted by Gasteiger charge is -2.02. The zero-order valence-electron chi connectivity index (χ0n) is 6.26. The Morgan fingerprint density at radius 3 is 2.36 bits per heavy atom. The second-order valence-corrected chi connectivity index (χ2v) is 2.38. The highest BCUT2D eigenvalue weighted by Gasteiger charge is 2.00. The number of nitrogens with zero attached hydrogens (tertiary/aromatic N) is 1. The molecule has 0 heterocycles. The van der Waals surface area contributed by atoms with Crippen LogP contribution in [-0.4, -0.2) is 0 Å². The number of anilines is 2. The van der Waals surface area contributed by atoms with E-state index in [0.717, 1.165) is 5.56 Å². The highest BCUT2D eigenvalue weighted by atomic mass is 14.7. The normalized spacial score (nSPS) is 9.09. The number of nitrogens with two attached hydrogens (primary N) is 2. The van der Waals surface area contributed by atoms with Crippen LogP contribution in [0.5, 0.6) is 0 Å². The highest BCUT2D eigenvalue weighted by molar-refractivity contribution is 5.72. The Labute approximate surface area is 65.4 Å². The van der Waals surface area contributed by atoms with Gasteiger partial charge in [0.15, 0.2) is 5.69 Å². The number of benzene rings is 1. The number of hydrogen-bond donors (Lipinski definition) is 2. The molecule has 0 spiro atoms. The fraction of sp³-hybridized carbons (Fsp3) is 0.125. The van der Waals surface area contributed by atoms with E-state index in [1.165, 1.54) is 0 Å². The third kappa shape index (κ3) is 1.24. The smallest absolute Gasteiger partial charge is 0.192 e. The first-order valence-corrected chi connectivity index (χ1v) is 3.18. The SMILES string of the molecule is [C-]#[N+]c1cc(N)c(N)cc1C. The monoisotopic (exact) mass is 147 g/mol. The Hall–Kier alpha value is -1.69. The molecule has 0 aliphatic heterocycles. The van der Waals surface area contributed by atoms with Gasteiger partial charge >= 0.3 is 0 Å². The van der Waals surface area contributed by atoms with E-state index in [4.69, 9.17) is 18.0 Å². The molecule has 0 amide bonds. The molecule has 56 valence electrons. The van der Waals surface area contributed by atoms with Crippen LogP contribution in [0.15, 0.2) is 12.1 Å². The van der Waals surface area contributed by atoms with Gasteiger partial charge in [-0.2, -0.15) is 0 Å². The van der Waals surface area contributed by atoms with Crippen LogP contribution in [-0.2, 0) is 0 Å². The van der Waals surface area contributed by atoms with E-state index in [-0.39, 0.29) is 0 Å². The van der Waals surface area contributed by atoms with Crippen molar-refractivity contribution >= 4 is 17.1 Å². The molecule has 0 aliphatic carbocycles. The van der Waals surface area contributed by atoms with E-state index in [2.05, 4.69) is 4.85 Å². The molecule has 0 atom stereocenters. The van der Waals surface area contributed by atoms with E-state index < -0.39 is 0 Å². The molecule has 11 heavy (non-hydrogen) atoms. The summed E-state index contributed by atoms with van der Waals surface area (Å²) in [5.41, 5.74) is 13.5. The maximum atomic E-state index is 6.78. The van der Waals surface area contributed by atoms with Gasteiger partial charge in [0.1, 0.15) is 0 Å². The van der Waals surface area contributed by atoms with Gasteiger partial charge < -0.3 is 11.5 Å². The number of rotatable bonds is 0. The maximum Gasteiger partial charge on any atom is 0.192 e. The van der Waals surface area contributed by atoms with E-state index >= 15 is 0 Å². The first-order chi connectivity index (χ1) is 5.15. The lowest BCUT2D eigenvalue weighted by atomic mass is 10.1. The van der Waals surface area contributed by atoms with Crippen LogP contribution < -0.4 is 11.5 Å². The van der Waals surface area contributed by atoms with Gasteiger partial charge in [0, 0.05) is 5.69 Å². The number of aryl methyl sites for hydroxylation is 1. The average Bonchev–Trinajstić information content (AvgIpc) is 1.97. The summed E-state index contributed by atoms with van der Waals surface area (Å²) in [6, 6.07) is 3.31. The zero-order chi connectivity index (χ0) is 8.43. The average molecular weight is 147 g/mol. The van der Waals surface area contributed by atoms with Crippen molar-refractivity contribution in [3.05, 3.63) is 29.1 Å². The van der Waals surface area contributed by atoms with Gasteiger partial charge in [-0.05, 0) is 24.6 Å². The third-order valence-electron chi connectivity index (χ3n) is 1.52. The van der Waals surface area contributed by atoms with Gasteiger partial charge in [0.05, 0.1) is 12.3 Å². The zero-order valence-corrected chi connectivity index (χ0v) is 6.26. The van der Waals surface area contributed by atoms with E-state index in [1.807, 2.05) is 6.92 Å². The fourth-order valence-electron chi connectivity index (χ4n) is 0.855. The first-order valence-electron chi connectivity index (χ1n) is 3.18. The molecule has 1 rings (SSSR count). The summed E-state index contributed by atoms with van der Waals surface area (Å²) in [5, 5.41) is 0. The van der Waals surface area contributed by atoms with Crippen molar-refractivity contribution in [2.45, 2.75) is 6.92 Å². The van der Waals surface area contributed by atoms with Gasteiger partial charge in [-0.25, -0.2) is 4.85 Å². The molecule has 0 radical (unpaired) electrons. The van der Waals surface area contributed by atoms with E-state index in [0.29, 0.717) is 17.1 Å². The van der Waals surface area contributed by atoms with Gasteiger partial charge in [-0.1, -0.05) is 0 Å². The lowest BCUT2D eigenvalue weighted by Crippen LogP contribution is -1.94. The molecule has 0 saturated heterocycles. The molecule has 0 aliphatic rings. The molecule has 3 heteroatoms. The van der Waals surface area contributed by atoms with Crippen molar-refractivity contribution in [3.8, 4) is 0 Å². The summed E-state index contributed by atoms with van der Waals surface area (Å²) in [6.45, 7) is 8.62. The Morgan fingerprint density at radius 1 is 1.27 bits per heavy atom. The van der Waals surface area contributed by atoms with Gasteiger partial charge in [0.2, 0.25) is 0 Å². The Bertz CT molecular complexity index is 323. The largest absolute Gasteiger partial charge is 0.398 e. The predicted molar refractivity (Wildman–Crippen MR) is 46.3 cm³/mol. The molecule has 0 fully saturated rings. The predicted octanol–water partition coefficient (Wildman–Crippen LogP) is 1.71. The van der Waals surface area contributed by atoms with Crippen molar-refractivity contribution in [2.24, 2.45) is 0 Å². The van der Waals surface area contributed by atoms with Crippen molar-refractivity contribution < 1.29 is 0 Å². The van der Waals surface area contributed by atoms with E-state index in [1.54, 1.807) is 12.1 Å². The van der Waals surface area contributed by atoms with Crippen LogP contribution in [0.25, 0.3) is 4.85 Å². The van der Waals surface area contributed by atoms with Crippen molar-refractivity contribution in [1.29, 1.82) is 0 Å². The number of hydrogen-bond acceptors (Lipinski definition) is 2. The standard InChI is InChI=1S/C8H9N3/c1-5-3-6(9)7(10)4-8(5)11-2/h3-4H,9-10H2,1H3. The second-order valence-electron chi connectivity index (χ2n) is 2.38. The Balaban J connectivity index is 3.35. The molecule has 1 aromatic rings. The highest BCUT2D eigenvalue weighted by Crippen LogP contribution is 2.26. The van der Waals surface area contributed by atoms with Crippen LogP contribution in [0, 0.1) is 13.5 Å². The summed E-state index contributed by atoms with van der Waals surface area (Å²) in [6.07, 6.45) is 0. The fourth-order valence-corrected chi connectivity index (χ4v) is 0.855. The molecule has 0 bridgehead atoms. The molecule has 1 aromatic carbocycles. The minimum absolute atomic E-state index is 0.474. The topological polar surface area (TPSA) is 56.4 Å². The number of nitrogen functional groups attached to an aromatic ring is 2. The molecule has 0 saturated carbocycles. The van der Waals surface area contributed by atoms with Crippen molar-refractivity contribution in [2.75, 3.05) is 11.5 Å². The van der Waals surface area contributed by atoms with E-state index in [9.17, 15) is 0 Å². The van der Waals surface area contributed by atoms with Gasteiger partial charge in [-0.3, -0.25) is 0 Å². The Morgan fingerprint density at radius 2 is 1.82 bits per heavy atom. The van der Waals surface area contributed by atoms with Crippen LogP contribution in [0.1, 0.15) is 5.56 Å². The van der Waals surface area contributed by atoms with Gasteiger partial charge in [-0.15, -0.1) is 0 Å². The minimum Gasteiger partial charge on any atom is -0.398 e. The molecule has 0 aromatic heterocycles. The molecule has 3 nitrogen and oxygen atoms in total. The lowest BCUT2D eigenvalue weighted by molar-refractivity contribution is 1.49. The van der Waals surface area contributed by atoms with Crippen LogP contribution >= 0.6 is 0 Å². The van der Waals surface area contributed by atoms with Crippen molar-refractivity contribution in [1.82, 2.24) is 0 Å². The van der Waals surface area contributed by atoms with Gasteiger partial charge in [0.25, 0.3) is 0 Å². The third-order valence-corrected chi connectivity index (χ3v) is 1.52. The Kier molecular flexibility index (Phi) is 1.69. The summed E-state index contributed by atoms with van der Waals surface area (Å²) in [4.78, 5) is 3.29. The maximum absolute atomic E-state index is 6.78. The van der Waals surface area contributed by atoms with Crippen LogP contribution in [0.4, 0.5) is 17.1 Å². The minimum atomic E-state index is 0.474. The molecule has 0 unspecified atom stereocenters. The van der Waals surface area contributed by atoms with Crippen LogP contribution in [0.3, 0.4) is 0 Å². The quantitative estimate of drug-likeness (QED) is 0.433. The second kappa shape index (κ2) is 2.51. The summed E-state index contributed by atoms with van der Waals surface area (Å²) < 4.78 is 0. The van der Waals surface area contributed by atoms with Crippen molar-refractivity contribution in [3.63, 3.8) is 0 Å². The first kappa shape index (κ1) is 7.42. The molecular formula is C8H9N3. The summed E-state index contributed by atoms with van der Waals surface area (Å²) in [5.74, 6) is 0. The van der Waals surface area contributed by atoms with Crippen LogP contribution in [0.2, 0.25) is 0 Å². The summed E-state index contributed by atoms with van der Waals surface area (Å²) in [7, 11) is 0. The molecule has 4 N–H and O–H groups in total. The molecular weight excluding hydrogens is 138 g/mol. The summed E-state index contributed by atoms with van der Waals surface area (Å²) >= 11 is 0.